The Bertz CT molecular complexity index is 870. The van der Waals surface area contributed by atoms with Crippen molar-refractivity contribution in [3.05, 3.63) is 47.7 Å². The normalized spacial score (nSPS) is 10.8. The summed E-state index contributed by atoms with van der Waals surface area (Å²) in [6.45, 7) is 5.64. The van der Waals surface area contributed by atoms with E-state index in [1.165, 1.54) is 6.07 Å². The Hall–Kier alpha value is -3.29. The Morgan fingerprint density at radius 3 is 2.69 bits per heavy atom. The van der Waals surface area contributed by atoms with Gasteiger partial charge in [0.05, 0.1) is 11.6 Å². The lowest BCUT2D eigenvalue weighted by Crippen LogP contribution is -2.32. The molecule has 3 rings (SSSR count). The molecule has 0 radical (unpaired) electrons. The molecule has 0 fully saturated rings. The van der Waals surface area contributed by atoms with E-state index in [9.17, 15) is 4.79 Å². The second-order valence-corrected chi connectivity index (χ2v) is 5.89. The van der Waals surface area contributed by atoms with Gasteiger partial charge in [0.2, 0.25) is 0 Å². The summed E-state index contributed by atoms with van der Waals surface area (Å²) in [6, 6.07) is 11.0. The van der Waals surface area contributed by atoms with Crippen LogP contribution in [0.4, 0.5) is 4.79 Å². The van der Waals surface area contributed by atoms with E-state index in [1.54, 1.807) is 0 Å². The second kappa shape index (κ2) is 7.73. The van der Waals surface area contributed by atoms with Gasteiger partial charge in [-0.25, -0.2) is 4.79 Å². The highest BCUT2D eigenvalue weighted by Gasteiger charge is 2.17. The fraction of sp³-hybridized carbons (Fsp3) is 0.278. The number of carbonyl (C=O) groups excluding carboxylic acids is 1. The number of ether oxygens (including phenoxy) is 2. The number of rotatable bonds is 6. The zero-order valence-corrected chi connectivity index (χ0v) is 14.7. The molecule has 2 heterocycles. The van der Waals surface area contributed by atoms with Crippen molar-refractivity contribution < 1.29 is 23.3 Å². The number of aryl methyl sites for hydroxylation is 1. The molecule has 0 saturated heterocycles. The monoisotopic (exact) mass is 357 g/mol. The molecule has 1 aromatic carbocycles. The summed E-state index contributed by atoms with van der Waals surface area (Å²) in [5.74, 6) is 0.792. The van der Waals surface area contributed by atoms with Crippen molar-refractivity contribution in [2.45, 2.75) is 33.4 Å². The molecular weight excluding hydrogens is 338 g/mol. The molecule has 0 aliphatic rings. The minimum atomic E-state index is -0.621. The summed E-state index contributed by atoms with van der Waals surface area (Å²) >= 11 is 0. The van der Waals surface area contributed by atoms with Gasteiger partial charge in [-0.1, -0.05) is 35.5 Å². The highest BCUT2D eigenvalue weighted by atomic mass is 16.7. The van der Waals surface area contributed by atoms with Gasteiger partial charge in [-0.15, -0.1) is 0 Å². The number of nitrogens with zero attached hydrogens (tertiary/aromatic N) is 2. The number of nitrogens with one attached hydrogen (secondary N) is 1. The minimum absolute atomic E-state index is 0.0471. The van der Waals surface area contributed by atoms with Gasteiger partial charge in [-0.05, 0) is 25.9 Å². The average molecular weight is 357 g/mol. The van der Waals surface area contributed by atoms with E-state index in [0.29, 0.717) is 11.5 Å². The summed E-state index contributed by atoms with van der Waals surface area (Å²) in [4.78, 5) is 11.5. The van der Waals surface area contributed by atoms with E-state index in [2.05, 4.69) is 15.6 Å². The molecule has 1 N–H and O–H groups in total. The Morgan fingerprint density at radius 2 is 1.96 bits per heavy atom. The van der Waals surface area contributed by atoms with Crippen molar-refractivity contribution in [3.8, 4) is 23.1 Å². The largest absolute Gasteiger partial charge is 0.470 e. The van der Waals surface area contributed by atoms with E-state index in [4.69, 9.17) is 18.5 Å². The van der Waals surface area contributed by atoms with Gasteiger partial charge in [0.25, 0.3) is 5.88 Å². The number of hydrogen-bond acceptors (Lipinski definition) is 7. The van der Waals surface area contributed by atoms with Crippen molar-refractivity contribution in [3.63, 3.8) is 0 Å². The molecule has 2 aromatic heterocycles. The highest BCUT2D eigenvalue weighted by Crippen LogP contribution is 2.27. The predicted molar refractivity (Wildman–Crippen MR) is 91.8 cm³/mol. The number of carbonyl (C=O) groups is 1. The Labute approximate surface area is 150 Å². The number of amides is 1. The van der Waals surface area contributed by atoms with Crippen LogP contribution in [-0.2, 0) is 6.61 Å². The molecule has 0 unspecified atom stereocenters. The highest BCUT2D eigenvalue weighted by molar-refractivity contribution is 5.69. The molecule has 0 spiro atoms. The SMILES string of the molecule is Cc1onc(-c2ccccc2)c1COc1cc(OC(=O)NC(C)C)on1. The summed E-state index contributed by atoms with van der Waals surface area (Å²) in [6.07, 6.45) is -0.621. The third-order valence-corrected chi connectivity index (χ3v) is 3.46. The van der Waals surface area contributed by atoms with Crippen LogP contribution in [0, 0.1) is 6.92 Å². The Morgan fingerprint density at radius 1 is 1.19 bits per heavy atom. The summed E-state index contributed by atoms with van der Waals surface area (Å²) in [5, 5.41) is 10.4. The maximum atomic E-state index is 11.5. The molecule has 0 saturated carbocycles. The lowest BCUT2D eigenvalue weighted by molar-refractivity contribution is 0.176. The second-order valence-electron chi connectivity index (χ2n) is 5.89. The van der Waals surface area contributed by atoms with E-state index in [1.807, 2.05) is 51.1 Å². The lowest BCUT2D eigenvalue weighted by Gasteiger charge is -2.05. The van der Waals surface area contributed by atoms with Gasteiger partial charge in [0.15, 0.2) is 0 Å². The van der Waals surface area contributed by atoms with Crippen molar-refractivity contribution in [2.75, 3.05) is 0 Å². The quantitative estimate of drug-likeness (QED) is 0.717. The van der Waals surface area contributed by atoms with Crippen molar-refractivity contribution in [2.24, 2.45) is 0 Å². The van der Waals surface area contributed by atoms with Crippen LogP contribution in [0.3, 0.4) is 0 Å². The molecular formula is C18H19N3O5. The third kappa shape index (κ3) is 4.21. The Balaban J connectivity index is 1.65. The maximum absolute atomic E-state index is 11.5. The minimum Gasteiger partial charge on any atom is -0.470 e. The number of hydrogen-bond donors (Lipinski definition) is 1. The fourth-order valence-corrected chi connectivity index (χ4v) is 2.25. The number of benzene rings is 1. The topological polar surface area (TPSA) is 99.6 Å². The lowest BCUT2D eigenvalue weighted by atomic mass is 10.1. The van der Waals surface area contributed by atoms with Crippen LogP contribution in [0.2, 0.25) is 0 Å². The predicted octanol–water partition coefficient (Wildman–Crippen LogP) is 3.71. The molecule has 0 bridgehead atoms. The van der Waals surface area contributed by atoms with Crippen LogP contribution in [0.25, 0.3) is 11.3 Å². The van der Waals surface area contributed by atoms with Crippen LogP contribution in [0.15, 0.2) is 45.4 Å². The van der Waals surface area contributed by atoms with Gasteiger partial charge in [-0.2, -0.15) is 0 Å². The van der Waals surface area contributed by atoms with Gasteiger partial charge in [0.1, 0.15) is 18.1 Å². The first-order chi connectivity index (χ1) is 12.5. The third-order valence-electron chi connectivity index (χ3n) is 3.46. The molecule has 0 atom stereocenters. The molecule has 0 aliphatic carbocycles. The van der Waals surface area contributed by atoms with Crippen LogP contribution in [-0.4, -0.2) is 22.4 Å². The molecule has 0 aliphatic heterocycles. The van der Waals surface area contributed by atoms with Crippen molar-refractivity contribution in [1.82, 2.24) is 15.6 Å². The van der Waals surface area contributed by atoms with E-state index < -0.39 is 6.09 Å². The first kappa shape index (κ1) is 17.5. The van der Waals surface area contributed by atoms with Crippen LogP contribution >= 0.6 is 0 Å². The summed E-state index contributed by atoms with van der Waals surface area (Å²) in [5.41, 5.74) is 2.44. The van der Waals surface area contributed by atoms with Crippen molar-refractivity contribution in [1.29, 1.82) is 0 Å². The molecule has 1 amide bonds. The standard InChI is InChI=1S/C18H19N3O5/c1-11(2)19-18(22)24-16-9-15(20-26-16)23-10-14-12(3)25-21-17(14)13-7-5-4-6-8-13/h4-9,11H,10H2,1-3H3,(H,19,22). The molecule has 26 heavy (non-hydrogen) atoms. The van der Waals surface area contributed by atoms with Gasteiger partial charge in [0, 0.05) is 11.6 Å². The number of aromatic nitrogens is 2. The molecule has 8 nitrogen and oxygen atoms in total. The van der Waals surface area contributed by atoms with Crippen LogP contribution in [0.1, 0.15) is 25.2 Å². The zero-order chi connectivity index (χ0) is 18.5. The summed E-state index contributed by atoms with van der Waals surface area (Å²) in [7, 11) is 0. The zero-order valence-electron chi connectivity index (χ0n) is 14.7. The van der Waals surface area contributed by atoms with Crippen LogP contribution in [0.5, 0.6) is 11.8 Å². The van der Waals surface area contributed by atoms with E-state index in [-0.39, 0.29) is 24.5 Å². The van der Waals surface area contributed by atoms with Crippen molar-refractivity contribution >= 4 is 6.09 Å². The van der Waals surface area contributed by atoms with Crippen LogP contribution < -0.4 is 14.8 Å². The fourth-order valence-electron chi connectivity index (χ4n) is 2.25. The van der Waals surface area contributed by atoms with Gasteiger partial charge >= 0.3 is 12.0 Å². The first-order valence-electron chi connectivity index (χ1n) is 8.11. The smallest absolute Gasteiger partial charge is 0.415 e. The average Bonchev–Trinajstić information content (AvgIpc) is 3.19. The van der Waals surface area contributed by atoms with E-state index >= 15 is 0 Å². The maximum Gasteiger partial charge on any atom is 0.415 e. The molecule has 136 valence electrons. The summed E-state index contributed by atoms with van der Waals surface area (Å²) < 4.78 is 20.8. The Kier molecular flexibility index (Phi) is 5.21. The van der Waals surface area contributed by atoms with E-state index in [0.717, 1.165) is 11.1 Å². The van der Waals surface area contributed by atoms with Gasteiger partial charge < -0.3 is 23.8 Å². The molecule has 8 heteroatoms. The van der Waals surface area contributed by atoms with Gasteiger partial charge in [-0.3, -0.25) is 0 Å². The molecule has 3 aromatic rings. The first-order valence-corrected chi connectivity index (χ1v) is 8.11.